The Morgan fingerprint density at radius 3 is 2.50 bits per heavy atom. The van der Waals surface area contributed by atoms with E-state index in [1.165, 1.54) is 5.56 Å². The number of aromatic nitrogens is 2. The van der Waals surface area contributed by atoms with Crippen LogP contribution in [0.2, 0.25) is 0 Å². The van der Waals surface area contributed by atoms with Crippen LogP contribution in [0.15, 0.2) is 42.6 Å². The quantitative estimate of drug-likeness (QED) is 0.471. The number of hydrogen-bond acceptors (Lipinski definition) is 0. The van der Waals surface area contributed by atoms with E-state index < -0.39 is 0 Å². The minimum absolute atomic E-state index is 0.185. The molecule has 0 aliphatic carbocycles. The minimum Gasteiger partial charge on any atom is -0.280 e. The molecule has 0 bridgehead atoms. The molecule has 1 aliphatic rings. The maximum absolute atomic E-state index is 14.7. The van der Waals surface area contributed by atoms with Gasteiger partial charge in [-0.2, -0.15) is 8.96 Å². The molecule has 3 heteroatoms. The summed E-state index contributed by atoms with van der Waals surface area (Å²) in [4.78, 5) is 0. The van der Waals surface area contributed by atoms with Gasteiger partial charge in [0, 0.05) is 18.2 Å². The second-order valence-electron chi connectivity index (χ2n) is 6.14. The molecular weight excluding hydrogens is 275 g/mol. The van der Waals surface area contributed by atoms with Crippen LogP contribution < -0.4 is 4.57 Å². The van der Waals surface area contributed by atoms with Gasteiger partial charge in [-0.25, -0.2) is 0 Å². The van der Waals surface area contributed by atoms with Crippen LogP contribution in [0.25, 0.3) is 17.1 Å². The van der Waals surface area contributed by atoms with Gasteiger partial charge in [0.05, 0.1) is 11.3 Å². The Labute approximate surface area is 129 Å². The van der Waals surface area contributed by atoms with Gasteiger partial charge in [-0.05, 0) is 38.0 Å². The Morgan fingerprint density at radius 1 is 1.05 bits per heavy atom. The first-order chi connectivity index (χ1) is 10.6. The first kappa shape index (κ1) is 13.3. The standard InChI is InChI=1S/C19H18FN2/c1-12-8-13(2)18(14(3)9-12)22-17(20)10-15-11-21-7-5-4-6-16(21)19(15)22/h4-10H,11H2,1-3H3/q+1. The second kappa shape index (κ2) is 4.54. The predicted molar refractivity (Wildman–Crippen MR) is 84.7 cm³/mol. The van der Waals surface area contributed by atoms with Gasteiger partial charge >= 0.3 is 0 Å². The van der Waals surface area contributed by atoms with Crippen molar-refractivity contribution in [1.29, 1.82) is 0 Å². The second-order valence-corrected chi connectivity index (χ2v) is 6.14. The maximum Gasteiger partial charge on any atom is 0.230 e. The highest BCUT2D eigenvalue weighted by atomic mass is 19.1. The normalized spacial score (nSPS) is 12.4. The summed E-state index contributed by atoms with van der Waals surface area (Å²) < 4.78 is 18.6. The minimum atomic E-state index is -0.185. The van der Waals surface area contributed by atoms with Gasteiger partial charge in [-0.1, -0.05) is 17.7 Å². The number of fused-ring (bicyclic) bond motifs is 3. The van der Waals surface area contributed by atoms with Gasteiger partial charge < -0.3 is 0 Å². The van der Waals surface area contributed by atoms with E-state index in [2.05, 4.69) is 43.5 Å². The van der Waals surface area contributed by atoms with E-state index >= 15 is 0 Å². The topological polar surface area (TPSA) is 8.81 Å². The van der Waals surface area contributed by atoms with Crippen molar-refractivity contribution in [3.63, 3.8) is 0 Å². The zero-order chi connectivity index (χ0) is 15.4. The van der Waals surface area contributed by atoms with Crippen LogP contribution in [-0.2, 0) is 6.54 Å². The van der Waals surface area contributed by atoms with Gasteiger partial charge in [0.1, 0.15) is 5.69 Å². The lowest BCUT2D eigenvalue weighted by Crippen LogP contribution is -2.31. The van der Waals surface area contributed by atoms with Gasteiger partial charge in [0.25, 0.3) is 0 Å². The summed E-state index contributed by atoms with van der Waals surface area (Å²) in [6.07, 6.45) is 2.05. The first-order valence-corrected chi connectivity index (χ1v) is 7.53. The number of halogens is 1. The largest absolute Gasteiger partial charge is 0.280 e. The van der Waals surface area contributed by atoms with Gasteiger partial charge in [0.15, 0.2) is 18.7 Å². The number of aryl methyl sites for hydroxylation is 3. The van der Waals surface area contributed by atoms with Crippen LogP contribution in [0.5, 0.6) is 0 Å². The summed E-state index contributed by atoms with van der Waals surface area (Å²) >= 11 is 0. The van der Waals surface area contributed by atoms with Gasteiger partial charge in [-0.15, -0.1) is 0 Å². The Balaban J connectivity index is 2.05. The Morgan fingerprint density at radius 2 is 1.77 bits per heavy atom. The molecule has 0 spiro atoms. The average molecular weight is 293 g/mol. The molecule has 0 saturated carbocycles. The zero-order valence-electron chi connectivity index (χ0n) is 13.0. The molecule has 1 aromatic carbocycles. The molecule has 0 saturated heterocycles. The summed E-state index contributed by atoms with van der Waals surface area (Å²) in [6.45, 7) is 6.91. The molecule has 2 nitrogen and oxygen atoms in total. The fourth-order valence-electron chi connectivity index (χ4n) is 3.68. The van der Waals surface area contributed by atoms with Crippen molar-refractivity contribution in [1.82, 2.24) is 4.57 Å². The molecule has 1 aliphatic heterocycles. The van der Waals surface area contributed by atoms with Crippen LogP contribution >= 0.6 is 0 Å². The van der Waals surface area contributed by atoms with Crippen molar-refractivity contribution in [2.24, 2.45) is 0 Å². The third-order valence-corrected chi connectivity index (χ3v) is 4.42. The van der Waals surface area contributed by atoms with Gasteiger partial charge in [-0.3, -0.25) is 4.57 Å². The Kier molecular flexibility index (Phi) is 2.73. The number of hydrogen-bond donors (Lipinski definition) is 0. The summed E-state index contributed by atoms with van der Waals surface area (Å²) in [7, 11) is 0. The van der Waals surface area contributed by atoms with Crippen molar-refractivity contribution < 1.29 is 8.96 Å². The molecule has 110 valence electrons. The van der Waals surface area contributed by atoms with E-state index in [0.717, 1.165) is 40.3 Å². The van der Waals surface area contributed by atoms with Gasteiger partial charge in [0.2, 0.25) is 5.69 Å². The lowest BCUT2D eigenvalue weighted by Gasteiger charge is -2.15. The van der Waals surface area contributed by atoms with E-state index in [-0.39, 0.29) is 5.95 Å². The monoisotopic (exact) mass is 293 g/mol. The summed E-state index contributed by atoms with van der Waals surface area (Å²) in [6, 6.07) is 12.0. The van der Waals surface area contributed by atoms with Crippen molar-refractivity contribution in [3.8, 4) is 17.1 Å². The molecular formula is C19H18FN2+. The van der Waals surface area contributed by atoms with Crippen LogP contribution in [0.3, 0.4) is 0 Å². The van der Waals surface area contributed by atoms with E-state index in [9.17, 15) is 4.39 Å². The van der Waals surface area contributed by atoms with Crippen LogP contribution in [0, 0.1) is 26.7 Å². The number of benzene rings is 1. The first-order valence-electron chi connectivity index (χ1n) is 7.53. The zero-order valence-corrected chi connectivity index (χ0v) is 13.0. The van der Waals surface area contributed by atoms with Crippen LogP contribution in [0.4, 0.5) is 4.39 Å². The van der Waals surface area contributed by atoms with Crippen LogP contribution in [-0.4, -0.2) is 4.57 Å². The van der Waals surface area contributed by atoms with E-state index in [4.69, 9.17) is 0 Å². The number of pyridine rings is 1. The highest BCUT2D eigenvalue weighted by Crippen LogP contribution is 2.34. The third kappa shape index (κ3) is 1.75. The summed E-state index contributed by atoms with van der Waals surface area (Å²) in [5, 5.41) is 0. The number of nitrogens with zero attached hydrogens (tertiary/aromatic N) is 2. The van der Waals surface area contributed by atoms with Crippen molar-refractivity contribution in [2.45, 2.75) is 27.3 Å². The van der Waals surface area contributed by atoms with Crippen molar-refractivity contribution in [2.75, 3.05) is 0 Å². The summed E-state index contributed by atoms with van der Waals surface area (Å²) in [5.74, 6) is -0.185. The lowest BCUT2D eigenvalue weighted by molar-refractivity contribution is -0.672. The van der Waals surface area contributed by atoms with E-state index in [1.54, 1.807) is 10.6 Å². The molecule has 3 heterocycles. The van der Waals surface area contributed by atoms with E-state index in [1.807, 2.05) is 18.3 Å². The molecule has 0 unspecified atom stereocenters. The average Bonchev–Trinajstić information content (AvgIpc) is 2.94. The molecule has 0 fully saturated rings. The molecule has 4 rings (SSSR count). The molecule has 0 radical (unpaired) electrons. The predicted octanol–water partition coefficient (Wildman–Crippen LogP) is 3.86. The molecule has 3 aromatic rings. The summed E-state index contributed by atoms with van der Waals surface area (Å²) in [5.41, 5.74) is 7.46. The van der Waals surface area contributed by atoms with Crippen molar-refractivity contribution >= 4 is 0 Å². The Bertz CT molecular complexity index is 883. The molecule has 0 N–H and O–H groups in total. The highest BCUT2D eigenvalue weighted by molar-refractivity contribution is 5.65. The molecule has 0 amide bonds. The fourth-order valence-corrected chi connectivity index (χ4v) is 3.68. The molecule has 22 heavy (non-hydrogen) atoms. The van der Waals surface area contributed by atoms with E-state index in [0.29, 0.717) is 0 Å². The lowest BCUT2D eigenvalue weighted by atomic mass is 10.0. The third-order valence-electron chi connectivity index (χ3n) is 4.42. The fraction of sp³-hybridized carbons (Fsp3) is 0.211. The maximum atomic E-state index is 14.7. The highest BCUT2D eigenvalue weighted by Gasteiger charge is 2.32. The SMILES string of the molecule is Cc1cc(C)c(-n2c(F)cc3c2-c2cccc[n+]2C3)c(C)c1. The van der Waals surface area contributed by atoms with Crippen LogP contribution in [0.1, 0.15) is 22.3 Å². The smallest absolute Gasteiger partial charge is 0.230 e. The molecule has 0 atom stereocenters. The Hall–Kier alpha value is -2.42. The molecule has 2 aromatic heterocycles. The number of rotatable bonds is 1. The van der Waals surface area contributed by atoms with Crippen molar-refractivity contribution in [3.05, 3.63) is 70.8 Å².